The van der Waals surface area contributed by atoms with E-state index in [4.69, 9.17) is 28.4 Å². The van der Waals surface area contributed by atoms with Crippen LogP contribution in [0.3, 0.4) is 0 Å². The van der Waals surface area contributed by atoms with Crippen LogP contribution in [0.2, 0.25) is 0 Å². The van der Waals surface area contributed by atoms with Crippen molar-refractivity contribution in [3.63, 3.8) is 0 Å². The third-order valence-corrected chi connectivity index (χ3v) is 6.47. The van der Waals surface area contributed by atoms with Crippen LogP contribution in [-0.4, -0.2) is 76.2 Å². The zero-order valence-electron chi connectivity index (χ0n) is 24.9. The number of ether oxygens (including phenoxy) is 6. The molecule has 4 N–H and O–H groups in total. The Morgan fingerprint density at radius 2 is 1.86 bits per heavy atom. The van der Waals surface area contributed by atoms with Crippen LogP contribution in [0.15, 0.2) is 51.2 Å². The Hall–Kier alpha value is -4.50. The second-order valence-electron chi connectivity index (χ2n) is 9.04. The van der Waals surface area contributed by atoms with E-state index in [1.807, 2.05) is 0 Å². The summed E-state index contributed by atoms with van der Waals surface area (Å²) in [7, 11) is 2.72. The predicted molar refractivity (Wildman–Crippen MR) is 162 cm³/mol. The van der Waals surface area contributed by atoms with E-state index in [9.17, 15) is 19.5 Å². The number of carbonyl (C=O) groups is 3. The molecule has 2 aromatic carbocycles. The Morgan fingerprint density at radius 3 is 2.55 bits per heavy atom. The molecule has 0 unspecified atom stereocenters. The van der Waals surface area contributed by atoms with Gasteiger partial charge in [-0.05, 0) is 50.6 Å². The van der Waals surface area contributed by atoms with Crippen LogP contribution in [-0.2, 0) is 19.1 Å². The lowest BCUT2D eigenvalue weighted by atomic mass is 9.95. The topological polar surface area (TPSA) is 175 Å². The van der Waals surface area contributed by atoms with Crippen LogP contribution in [0, 0.1) is 0 Å². The number of urea groups is 1. The van der Waals surface area contributed by atoms with E-state index in [1.54, 1.807) is 51.1 Å². The Labute approximate surface area is 262 Å². The van der Waals surface area contributed by atoms with Gasteiger partial charge in [-0.2, -0.15) is 5.10 Å². The minimum Gasteiger partial charge on any atom is -0.493 e. The van der Waals surface area contributed by atoms with E-state index in [2.05, 4.69) is 37.1 Å². The quantitative estimate of drug-likeness (QED) is 0.0943. The lowest BCUT2D eigenvalue weighted by molar-refractivity contribution is -0.145. The molecule has 1 aliphatic heterocycles. The number of hydrogen-bond donors (Lipinski definition) is 4. The maximum atomic E-state index is 12.4. The van der Waals surface area contributed by atoms with Gasteiger partial charge in [-0.25, -0.2) is 14.4 Å². The number of aliphatic hydroxyl groups excluding tert-OH is 1. The second kappa shape index (κ2) is 16.4. The van der Waals surface area contributed by atoms with Gasteiger partial charge in [-0.3, -0.25) is 5.43 Å². The number of amides is 2. The van der Waals surface area contributed by atoms with Crippen molar-refractivity contribution in [1.82, 2.24) is 16.1 Å². The first kappa shape index (κ1) is 34.0. The average molecular weight is 680 g/mol. The molecule has 0 radical (unpaired) electrons. The van der Waals surface area contributed by atoms with Crippen molar-refractivity contribution in [3.8, 4) is 23.0 Å². The molecule has 2 amide bonds. The molecule has 2 aromatic rings. The van der Waals surface area contributed by atoms with Gasteiger partial charge in [-0.15, -0.1) is 0 Å². The number of nitrogens with zero attached hydrogens (tertiary/aromatic N) is 1. The summed E-state index contributed by atoms with van der Waals surface area (Å²) in [5.74, 6) is 0.127. The summed E-state index contributed by atoms with van der Waals surface area (Å²) in [6.07, 6.45) is 0.151. The third-order valence-electron chi connectivity index (χ3n) is 6.01. The van der Waals surface area contributed by atoms with Crippen molar-refractivity contribution in [2.45, 2.75) is 33.0 Å². The number of rotatable bonds is 15. The van der Waals surface area contributed by atoms with Crippen LogP contribution < -0.4 is 35.0 Å². The summed E-state index contributed by atoms with van der Waals surface area (Å²) in [6, 6.07) is 7.03. The second-order valence-corrected chi connectivity index (χ2v) is 9.95. The van der Waals surface area contributed by atoms with Gasteiger partial charge < -0.3 is 44.2 Å². The highest BCUT2D eigenvalue weighted by molar-refractivity contribution is 9.10. The molecular weight excluding hydrogens is 644 g/mol. The molecule has 0 fully saturated rings. The molecule has 44 heavy (non-hydrogen) atoms. The first-order valence-electron chi connectivity index (χ1n) is 13.5. The standard InChI is InChI=1S/C29H35BrN4O10/c1-6-41-21-11-17(26-25(28(37)40-5)16(3)32-29(38)33-26)8-9-20(21)43-14-23(35)34-31-13-18-10-19(30)12-22(39-4)27(18)44-15-24(36)42-7-2/h8-13,23,26,34-35H,6-7,14-15H2,1-5H3,(H2,32,33,38)/b31-13+/t23-,26+/m1/s1. The van der Waals surface area contributed by atoms with Crippen LogP contribution in [0.5, 0.6) is 23.0 Å². The Morgan fingerprint density at radius 1 is 1.09 bits per heavy atom. The molecule has 14 nitrogen and oxygen atoms in total. The van der Waals surface area contributed by atoms with Crippen LogP contribution >= 0.6 is 15.9 Å². The predicted octanol–water partition coefficient (Wildman–Crippen LogP) is 2.92. The van der Waals surface area contributed by atoms with E-state index in [0.717, 1.165) is 0 Å². The van der Waals surface area contributed by atoms with Crippen molar-refractivity contribution in [3.05, 3.63) is 57.2 Å². The minimum absolute atomic E-state index is 0.220. The maximum absolute atomic E-state index is 12.4. The third kappa shape index (κ3) is 9.00. The van der Waals surface area contributed by atoms with Gasteiger partial charge in [0.1, 0.15) is 6.61 Å². The number of esters is 2. The van der Waals surface area contributed by atoms with Crippen molar-refractivity contribution in [2.24, 2.45) is 5.10 Å². The number of halogens is 1. The Bertz CT molecular complexity index is 1410. The summed E-state index contributed by atoms with van der Waals surface area (Å²) in [4.78, 5) is 36.4. The number of aliphatic hydroxyl groups is 1. The van der Waals surface area contributed by atoms with E-state index >= 15 is 0 Å². The molecule has 2 atom stereocenters. The summed E-state index contributed by atoms with van der Waals surface area (Å²) in [5, 5.41) is 19.9. The van der Waals surface area contributed by atoms with Gasteiger partial charge in [0.05, 0.1) is 45.3 Å². The Balaban J connectivity index is 1.71. The number of hydrogen-bond acceptors (Lipinski definition) is 12. The number of allylic oxidation sites excluding steroid dienone is 1. The number of carbonyl (C=O) groups excluding carboxylic acids is 3. The molecule has 1 aliphatic rings. The fourth-order valence-corrected chi connectivity index (χ4v) is 4.59. The fourth-order valence-electron chi connectivity index (χ4n) is 4.14. The number of benzene rings is 2. The van der Waals surface area contributed by atoms with Crippen molar-refractivity contribution >= 4 is 40.1 Å². The Kier molecular flexibility index (Phi) is 12.7. The summed E-state index contributed by atoms with van der Waals surface area (Å²) >= 11 is 3.39. The van der Waals surface area contributed by atoms with E-state index in [1.165, 1.54) is 20.4 Å². The fraction of sp³-hybridized carbons (Fsp3) is 0.379. The average Bonchev–Trinajstić information content (AvgIpc) is 2.99. The van der Waals surface area contributed by atoms with Crippen molar-refractivity contribution < 1.29 is 47.9 Å². The summed E-state index contributed by atoms with van der Waals surface area (Å²) in [6.45, 7) is 5.07. The van der Waals surface area contributed by atoms with Gasteiger partial charge in [0.2, 0.25) is 0 Å². The van der Waals surface area contributed by atoms with Gasteiger partial charge in [0, 0.05) is 15.7 Å². The molecule has 0 aromatic heterocycles. The number of hydrazone groups is 1. The molecule has 1 heterocycles. The number of nitrogens with one attached hydrogen (secondary N) is 3. The molecule has 238 valence electrons. The maximum Gasteiger partial charge on any atom is 0.344 e. The first-order chi connectivity index (χ1) is 21.1. The largest absolute Gasteiger partial charge is 0.493 e. The van der Waals surface area contributed by atoms with Crippen LogP contribution in [0.4, 0.5) is 4.79 Å². The van der Waals surface area contributed by atoms with Gasteiger partial charge in [0.15, 0.2) is 35.8 Å². The molecule has 3 rings (SSSR count). The van der Waals surface area contributed by atoms with E-state index in [0.29, 0.717) is 45.2 Å². The van der Waals surface area contributed by atoms with Crippen molar-refractivity contribution in [1.29, 1.82) is 0 Å². The zero-order chi connectivity index (χ0) is 32.2. The zero-order valence-corrected chi connectivity index (χ0v) is 26.5. The minimum atomic E-state index is -1.24. The monoisotopic (exact) mass is 678 g/mol. The SMILES string of the molecule is CCOC(=O)COc1c(/C=N/N[C@H](O)COc2ccc([C@@H]3NC(=O)NC(C)=C3C(=O)OC)cc2OCC)cc(Br)cc1OC. The van der Waals surface area contributed by atoms with E-state index < -0.39 is 30.2 Å². The molecule has 0 saturated heterocycles. The highest BCUT2D eigenvalue weighted by atomic mass is 79.9. The highest BCUT2D eigenvalue weighted by Crippen LogP contribution is 2.36. The lowest BCUT2D eigenvalue weighted by Gasteiger charge is -2.28. The molecule has 15 heteroatoms. The normalized spacial score (nSPS) is 15.2. The highest BCUT2D eigenvalue weighted by Gasteiger charge is 2.32. The molecule has 0 aliphatic carbocycles. The summed E-state index contributed by atoms with van der Waals surface area (Å²) < 4.78 is 33.0. The molecule has 0 bridgehead atoms. The lowest BCUT2D eigenvalue weighted by Crippen LogP contribution is -2.45. The molecule has 0 saturated carbocycles. The van der Waals surface area contributed by atoms with Gasteiger partial charge >= 0.3 is 18.0 Å². The van der Waals surface area contributed by atoms with Gasteiger partial charge in [-0.1, -0.05) is 22.0 Å². The smallest absolute Gasteiger partial charge is 0.344 e. The molecule has 0 spiro atoms. The number of methoxy groups -OCH3 is 2. The van der Waals surface area contributed by atoms with E-state index in [-0.39, 0.29) is 31.1 Å². The first-order valence-corrected chi connectivity index (χ1v) is 14.3. The summed E-state index contributed by atoms with van der Waals surface area (Å²) in [5.41, 5.74) is 4.20. The van der Waals surface area contributed by atoms with Crippen molar-refractivity contribution in [2.75, 3.05) is 40.6 Å². The van der Waals surface area contributed by atoms with Gasteiger partial charge in [0.25, 0.3) is 0 Å². The van der Waals surface area contributed by atoms with Crippen LogP contribution in [0.25, 0.3) is 0 Å². The molecular formula is C29H35BrN4O10. The van der Waals surface area contributed by atoms with Crippen LogP contribution in [0.1, 0.15) is 37.9 Å².